The van der Waals surface area contributed by atoms with Gasteiger partial charge in [0.05, 0.1) is 5.69 Å². The molecular weight excluding hydrogens is 220 g/mol. The zero-order valence-corrected chi connectivity index (χ0v) is 9.80. The van der Waals surface area contributed by atoms with Crippen LogP contribution in [0.5, 0.6) is 0 Å². The first-order valence-corrected chi connectivity index (χ1v) is 5.10. The van der Waals surface area contributed by atoms with E-state index in [-0.39, 0.29) is 11.6 Å². The van der Waals surface area contributed by atoms with E-state index in [1.807, 2.05) is 20.8 Å². The second kappa shape index (κ2) is 3.97. The van der Waals surface area contributed by atoms with Gasteiger partial charge in [0, 0.05) is 11.9 Å². The molecule has 0 unspecified atom stereocenters. The molecule has 0 atom stereocenters. The summed E-state index contributed by atoms with van der Waals surface area (Å²) >= 11 is 0. The Hall–Kier alpha value is -2.24. The van der Waals surface area contributed by atoms with E-state index in [9.17, 15) is 4.79 Å². The fraction of sp³-hybridized carbons (Fsp3) is 0.273. The molecule has 88 valence electrons. The molecule has 0 spiro atoms. The number of aromatic carboxylic acids is 1. The molecule has 0 aliphatic carbocycles. The summed E-state index contributed by atoms with van der Waals surface area (Å²) in [5.74, 6) is -0.800. The highest BCUT2D eigenvalue weighted by Gasteiger charge is 2.13. The summed E-state index contributed by atoms with van der Waals surface area (Å²) in [6.45, 7) is 5.74. The summed E-state index contributed by atoms with van der Waals surface area (Å²) in [5, 5.41) is 13.1. The fourth-order valence-electron chi connectivity index (χ4n) is 1.48. The van der Waals surface area contributed by atoms with Gasteiger partial charge in [-0.25, -0.2) is 19.4 Å². The number of aryl methyl sites for hydroxylation is 1. The van der Waals surface area contributed by atoms with E-state index in [0.717, 1.165) is 17.0 Å². The van der Waals surface area contributed by atoms with Crippen LogP contribution in [-0.2, 0) is 0 Å². The minimum absolute atomic E-state index is 0.0415. The Morgan fingerprint density at radius 3 is 2.59 bits per heavy atom. The van der Waals surface area contributed by atoms with Gasteiger partial charge in [-0.3, -0.25) is 0 Å². The predicted molar refractivity (Wildman–Crippen MR) is 60.3 cm³/mol. The molecule has 6 heteroatoms. The van der Waals surface area contributed by atoms with Crippen molar-refractivity contribution in [3.63, 3.8) is 0 Å². The molecule has 2 heterocycles. The van der Waals surface area contributed by atoms with Gasteiger partial charge in [0.25, 0.3) is 5.95 Å². The zero-order valence-electron chi connectivity index (χ0n) is 9.80. The van der Waals surface area contributed by atoms with E-state index in [1.54, 1.807) is 4.68 Å². The summed E-state index contributed by atoms with van der Waals surface area (Å²) in [7, 11) is 0. The van der Waals surface area contributed by atoms with E-state index < -0.39 is 5.97 Å². The van der Waals surface area contributed by atoms with Crippen LogP contribution in [0, 0.1) is 20.8 Å². The van der Waals surface area contributed by atoms with Gasteiger partial charge in [-0.05, 0) is 32.4 Å². The minimum Gasteiger partial charge on any atom is -0.477 e. The Morgan fingerprint density at radius 1 is 1.35 bits per heavy atom. The van der Waals surface area contributed by atoms with Crippen LogP contribution in [0.3, 0.4) is 0 Å². The van der Waals surface area contributed by atoms with Gasteiger partial charge in [-0.15, -0.1) is 0 Å². The van der Waals surface area contributed by atoms with Crippen molar-refractivity contribution in [1.82, 2.24) is 19.7 Å². The number of hydrogen-bond donors (Lipinski definition) is 1. The molecule has 0 bridgehead atoms. The third-order valence-electron chi connectivity index (χ3n) is 2.70. The van der Waals surface area contributed by atoms with Crippen LogP contribution >= 0.6 is 0 Å². The predicted octanol–water partition coefficient (Wildman–Crippen LogP) is 1.29. The number of nitrogens with zero attached hydrogens (tertiary/aromatic N) is 4. The molecule has 0 aromatic carbocycles. The Labute approximate surface area is 98.0 Å². The lowest BCUT2D eigenvalue weighted by Gasteiger charge is -2.02. The van der Waals surface area contributed by atoms with Gasteiger partial charge < -0.3 is 5.11 Å². The van der Waals surface area contributed by atoms with E-state index in [1.165, 1.54) is 12.3 Å². The number of carboxylic acid groups (broad SMARTS) is 1. The molecule has 1 N–H and O–H groups in total. The van der Waals surface area contributed by atoms with Crippen LogP contribution in [-0.4, -0.2) is 30.8 Å². The quantitative estimate of drug-likeness (QED) is 0.843. The Balaban J connectivity index is 2.56. The molecule has 2 aromatic rings. The molecule has 0 fully saturated rings. The lowest BCUT2D eigenvalue weighted by Crippen LogP contribution is -2.09. The highest BCUT2D eigenvalue weighted by molar-refractivity contribution is 5.85. The Morgan fingerprint density at radius 2 is 2.06 bits per heavy atom. The van der Waals surface area contributed by atoms with Crippen LogP contribution < -0.4 is 0 Å². The lowest BCUT2D eigenvalue weighted by molar-refractivity contribution is 0.0690. The SMILES string of the molecule is Cc1nn(-c2nccc(C(=O)O)n2)c(C)c1C. The minimum atomic E-state index is -1.08. The molecule has 2 aromatic heterocycles. The number of hydrogen-bond acceptors (Lipinski definition) is 4. The first-order valence-electron chi connectivity index (χ1n) is 5.10. The van der Waals surface area contributed by atoms with Crippen molar-refractivity contribution < 1.29 is 9.90 Å². The second-order valence-electron chi connectivity index (χ2n) is 3.75. The van der Waals surface area contributed by atoms with Crippen molar-refractivity contribution in [2.45, 2.75) is 20.8 Å². The summed E-state index contributed by atoms with van der Waals surface area (Å²) in [6, 6.07) is 1.35. The van der Waals surface area contributed by atoms with Crippen LogP contribution in [0.1, 0.15) is 27.4 Å². The molecule has 0 saturated carbocycles. The maximum Gasteiger partial charge on any atom is 0.354 e. The smallest absolute Gasteiger partial charge is 0.354 e. The van der Waals surface area contributed by atoms with Crippen LogP contribution in [0.4, 0.5) is 0 Å². The molecule has 0 aliphatic rings. The highest BCUT2D eigenvalue weighted by Crippen LogP contribution is 2.14. The second-order valence-corrected chi connectivity index (χ2v) is 3.75. The Bertz CT molecular complexity index is 589. The summed E-state index contributed by atoms with van der Waals surface area (Å²) in [6.07, 6.45) is 1.41. The van der Waals surface area contributed by atoms with Crippen LogP contribution in [0.15, 0.2) is 12.3 Å². The molecule has 0 aliphatic heterocycles. The topological polar surface area (TPSA) is 80.9 Å². The van der Waals surface area contributed by atoms with Crippen molar-refractivity contribution >= 4 is 5.97 Å². The summed E-state index contributed by atoms with van der Waals surface area (Å²) in [4.78, 5) is 18.8. The van der Waals surface area contributed by atoms with Crippen molar-refractivity contribution in [1.29, 1.82) is 0 Å². The third-order valence-corrected chi connectivity index (χ3v) is 2.70. The van der Waals surface area contributed by atoms with Crippen molar-refractivity contribution in [2.24, 2.45) is 0 Å². The lowest BCUT2D eigenvalue weighted by atomic mass is 10.2. The average Bonchev–Trinajstić information content (AvgIpc) is 2.57. The molecule has 6 nitrogen and oxygen atoms in total. The van der Waals surface area contributed by atoms with Crippen LogP contribution in [0.25, 0.3) is 5.95 Å². The largest absolute Gasteiger partial charge is 0.477 e. The van der Waals surface area contributed by atoms with Crippen LogP contribution in [0.2, 0.25) is 0 Å². The summed E-state index contributed by atoms with van der Waals surface area (Å²) < 4.78 is 1.55. The third kappa shape index (κ3) is 1.89. The first-order chi connectivity index (χ1) is 8.00. The first kappa shape index (κ1) is 11.3. The normalized spacial score (nSPS) is 10.5. The van der Waals surface area contributed by atoms with Gasteiger partial charge in [0.2, 0.25) is 0 Å². The zero-order chi connectivity index (χ0) is 12.6. The van der Waals surface area contributed by atoms with Crippen molar-refractivity contribution in [3.05, 3.63) is 34.9 Å². The number of aromatic nitrogens is 4. The number of carboxylic acids is 1. The monoisotopic (exact) mass is 232 g/mol. The van der Waals surface area contributed by atoms with Gasteiger partial charge in [0.15, 0.2) is 5.69 Å². The van der Waals surface area contributed by atoms with Crippen molar-refractivity contribution in [2.75, 3.05) is 0 Å². The maximum absolute atomic E-state index is 10.8. The number of carbonyl (C=O) groups is 1. The van der Waals surface area contributed by atoms with Gasteiger partial charge >= 0.3 is 5.97 Å². The van der Waals surface area contributed by atoms with E-state index >= 15 is 0 Å². The standard InChI is InChI=1S/C11H12N4O2/c1-6-7(2)14-15(8(6)3)11-12-5-4-9(13-11)10(16)17/h4-5H,1-3H3,(H,16,17). The molecule has 0 radical (unpaired) electrons. The van der Waals surface area contributed by atoms with E-state index in [0.29, 0.717) is 0 Å². The molecule has 0 saturated heterocycles. The summed E-state index contributed by atoms with van der Waals surface area (Å²) in [5.41, 5.74) is 2.80. The Kier molecular flexibility index (Phi) is 2.63. The molecule has 17 heavy (non-hydrogen) atoms. The van der Waals surface area contributed by atoms with Gasteiger partial charge in [0.1, 0.15) is 0 Å². The maximum atomic E-state index is 10.8. The van der Waals surface area contributed by atoms with E-state index in [2.05, 4.69) is 15.1 Å². The molecule has 0 amide bonds. The molecule has 2 rings (SSSR count). The molecular formula is C11H12N4O2. The van der Waals surface area contributed by atoms with Gasteiger partial charge in [-0.1, -0.05) is 0 Å². The number of rotatable bonds is 2. The van der Waals surface area contributed by atoms with Gasteiger partial charge in [-0.2, -0.15) is 5.10 Å². The average molecular weight is 232 g/mol. The van der Waals surface area contributed by atoms with Crippen molar-refractivity contribution in [3.8, 4) is 5.95 Å². The fourth-order valence-corrected chi connectivity index (χ4v) is 1.48. The van der Waals surface area contributed by atoms with E-state index in [4.69, 9.17) is 5.11 Å². The highest BCUT2D eigenvalue weighted by atomic mass is 16.4.